The minimum absolute atomic E-state index is 0.315. The zero-order valence-electron chi connectivity index (χ0n) is 9.11. The first-order valence-electron chi connectivity index (χ1n) is 5.00. The number of benzene rings is 1. The number of carbonyl (C=O) groups excluding carboxylic acids is 1. The fourth-order valence-corrected chi connectivity index (χ4v) is 2.51. The molecular formula is C11H9Cl2N3OS. The van der Waals surface area contributed by atoms with Gasteiger partial charge in [-0.1, -0.05) is 23.2 Å². The molecule has 0 fully saturated rings. The van der Waals surface area contributed by atoms with Crippen molar-refractivity contribution in [3.63, 3.8) is 0 Å². The van der Waals surface area contributed by atoms with Crippen LogP contribution in [0.25, 0.3) is 0 Å². The van der Waals surface area contributed by atoms with Gasteiger partial charge in [0.2, 0.25) is 0 Å². The topological polar surface area (TPSA) is 68.0 Å². The number of hydrogen-bond donors (Lipinski definition) is 2. The summed E-state index contributed by atoms with van der Waals surface area (Å²) >= 11 is 13.0. The van der Waals surface area contributed by atoms with Crippen molar-refractivity contribution in [1.82, 2.24) is 4.98 Å². The summed E-state index contributed by atoms with van der Waals surface area (Å²) in [6, 6.07) is 4.82. The van der Waals surface area contributed by atoms with E-state index in [1.165, 1.54) is 11.3 Å². The monoisotopic (exact) mass is 301 g/mol. The number of nitrogens with zero attached hydrogens (tertiary/aromatic N) is 1. The van der Waals surface area contributed by atoms with Gasteiger partial charge in [-0.2, -0.15) is 0 Å². The maximum absolute atomic E-state index is 11.9. The van der Waals surface area contributed by atoms with Gasteiger partial charge in [0.1, 0.15) is 10.7 Å². The predicted molar refractivity (Wildman–Crippen MR) is 74.4 cm³/mol. The van der Waals surface area contributed by atoms with Crippen molar-refractivity contribution < 1.29 is 4.79 Å². The number of halogens is 2. The Kier molecular flexibility index (Phi) is 4.19. The number of nitrogens with two attached hydrogens (primary N) is 1. The van der Waals surface area contributed by atoms with Crippen molar-refractivity contribution in [2.75, 3.05) is 5.32 Å². The molecule has 0 aliphatic rings. The van der Waals surface area contributed by atoms with Crippen LogP contribution in [0.1, 0.15) is 15.5 Å². The van der Waals surface area contributed by atoms with Crippen molar-refractivity contribution >= 4 is 46.1 Å². The maximum Gasteiger partial charge on any atom is 0.275 e. The standard InChI is InChI=1S/C11H9Cl2N3OS/c12-6-1-7(13)3-8(2-6)15-11(17)9-5-18-10(4-14)16-9/h1-3,5H,4,14H2,(H,15,17). The van der Waals surface area contributed by atoms with E-state index in [-0.39, 0.29) is 5.91 Å². The van der Waals surface area contributed by atoms with Gasteiger partial charge >= 0.3 is 0 Å². The van der Waals surface area contributed by atoms with E-state index in [1.54, 1.807) is 23.6 Å². The average Bonchev–Trinajstić information content (AvgIpc) is 2.75. The molecule has 4 nitrogen and oxygen atoms in total. The van der Waals surface area contributed by atoms with Gasteiger partial charge in [0.25, 0.3) is 5.91 Å². The van der Waals surface area contributed by atoms with Gasteiger partial charge in [-0.3, -0.25) is 4.79 Å². The highest BCUT2D eigenvalue weighted by Crippen LogP contribution is 2.23. The van der Waals surface area contributed by atoms with E-state index in [1.807, 2.05) is 0 Å². The number of hydrogen-bond acceptors (Lipinski definition) is 4. The zero-order valence-corrected chi connectivity index (χ0v) is 11.4. The molecule has 1 aromatic carbocycles. The van der Waals surface area contributed by atoms with Gasteiger partial charge < -0.3 is 11.1 Å². The summed E-state index contributed by atoms with van der Waals surface area (Å²) in [4.78, 5) is 16.0. The lowest BCUT2D eigenvalue weighted by molar-refractivity contribution is 0.102. The normalized spacial score (nSPS) is 10.4. The SMILES string of the molecule is NCc1nc(C(=O)Nc2cc(Cl)cc(Cl)c2)cs1. The Hall–Kier alpha value is -1.14. The number of thiazole rings is 1. The van der Waals surface area contributed by atoms with E-state index in [0.29, 0.717) is 33.0 Å². The molecule has 0 aliphatic heterocycles. The highest BCUT2D eigenvalue weighted by atomic mass is 35.5. The number of nitrogens with one attached hydrogen (secondary N) is 1. The number of carbonyl (C=O) groups is 1. The molecule has 7 heteroatoms. The van der Waals surface area contributed by atoms with E-state index in [9.17, 15) is 4.79 Å². The predicted octanol–water partition coefficient (Wildman–Crippen LogP) is 3.16. The lowest BCUT2D eigenvalue weighted by Crippen LogP contribution is -2.12. The molecule has 18 heavy (non-hydrogen) atoms. The summed E-state index contributed by atoms with van der Waals surface area (Å²) in [5.41, 5.74) is 6.29. The second kappa shape index (κ2) is 5.67. The second-order valence-corrected chi connectivity index (χ2v) is 5.26. The van der Waals surface area contributed by atoms with Crippen LogP contribution in [0.15, 0.2) is 23.6 Å². The van der Waals surface area contributed by atoms with Crippen LogP contribution in [0.5, 0.6) is 0 Å². The summed E-state index contributed by atoms with van der Waals surface area (Å²) in [6.07, 6.45) is 0. The summed E-state index contributed by atoms with van der Waals surface area (Å²) in [7, 11) is 0. The third kappa shape index (κ3) is 3.20. The van der Waals surface area contributed by atoms with Gasteiger partial charge in [-0.05, 0) is 18.2 Å². The lowest BCUT2D eigenvalue weighted by atomic mass is 10.3. The van der Waals surface area contributed by atoms with Crippen LogP contribution in [-0.4, -0.2) is 10.9 Å². The Balaban J connectivity index is 2.15. The second-order valence-electron chi connectivity index (χ2n) is 3.44. The molecule has 3 N–H and O–H groups in total. The lowest BCUT2D eigenvalue weighted by Gasteiger charge is -2.04. The molecule has 1 amide bonds. The molecule has 0 saturated carbocycles. The van der Waals surface area contributed by atoms with Gasteiger partial charge in [0.15, 0.2) is 0 Å². The van der Waals surface area contributed by atoms with Crippen LogP contribution in [0.4, 0.5) is 5.69 Å². The van der Waals surface area contributed by atoms with Crippen LogP contribution in [0.3, 0.4) is 0 Å². The molecule has 2 aromatic rings. The number of aromatic nitrogens is 1. The Morgan fingerprint density at radius 3 is 2.56 bits per heavy atom. The van der Waals surface area contributed by atoms with Crippen molar-refractivity contribution in [1.29, 1.82) is 0 Å². The third-order valence-electron chi connectivity index (χ3n) is 2.08. The fourth-order valence-electron chi connectivity index (χ4n) is 1.33. The van der Waals surface area contributed by atoms with Crippen molar-refractivity contribution in [3.05, 3.63) is 44.3 Å². The van der Waals surface area contributed by atoms with Gasteiger partial charge in [0.05, 0.1) is 0 Å². The van der Waals surface area contributed by atoms with Gasteiger partial charge in [-0.15, -0.1) is 11.3 Å². The smallest absolute Gasteiger partial charge is 0.275 e. The van der Waals surface area contributed by atoms with E-state index >= 15 is 0 Å². The maximum atomic E-state index is 11.9. The fraction of sp³-hybridized carbons (Fsp3) is 0.0909. The van der Waals surface area contributed by atoms with Crippen LogP contribution in [0, 0.1) is 0 Å². The van der Waals surface area contributed by atoms with Crippen LogP contribution >= 0.6 is 34.5 Å². The molecule has 0 unspecified atom stereocenters. The molecule has 1 heterocycles. The molecule has 0 bridgehead atoms. The minimum atomic E-state index is -0.315. The molecule has 0 atom stereocenters. The minimum Gasteiger partial charge on any atom is -0.325 e. The quantitative estimate of drug-likeness (QED) is 0.915. The Bertz CT molecular complexity index is 565. The Morgan fingerprint density at radius 1 is 1.33 bits per heavy atom. The highest BCUT2D eigenvalue weighted by Gasteiger charge is 2.11. The molecule has 0 saturated heterocycles. The Morgan fingerprint density at radius 2 is 2.00 bits per heavy atom. The molecule has 1 aromatic heterocycles. The molecule has 0 spiro atoms. The first-order valence-corrected chi connectivity index (χ1v) is 6.64. The van der Waals surface area contributed by atoms with Crippen LogP contribution in [-0.2, 0) is 6.54 Å². The van der Waals surface area contributed by atoms with E-state index in [0.717, 1.165) is 0 Å². The largest absolute Gasteiger partial charge is 0.325 e. The van der Waals surface area contributed by atoms with Crippen molar-refractivity contribution in [2.24, 2.45) is 5.73 Å². The number of rotatable bonds is 3. The van der Waals surface area contributed by atoms with Crippen LogP contribution < -0.4 is 11.1 Å². The van der Waals surface area contributed by atoms with Crippen molar-refractivity contribution in [2.45, 2.75) is 6.54 Å². The number of amides is 1. The van der Waals surface area contributed by atoms with Crippen LogP contribution in [0.2, 0.25) is 10.0 Å². The first kappa shape index (κ1) is 13.3. The molecule has 94 valence electrons. The molecule has 2 rings (SSSR count). The molecule has 0 aliphatic carbocycles. The summed E-state index contributed by atoms with van der Waals surface area (Å²) in [6.45, 7) is 0.320. The van der Waals surface area contributed by atoms with E-state index in [4.69, 9.17) is 28.9 Å². The first-order chi connectivity index (χ1) is 8.58. The van der Waals surface area contributed by atoms with Gasteiger partial charge in [0, 0.05) is 27.7 Å². The summed E-state index contributed by atoms with van der Waals surface area (Å²) in [5.74, 6) is -0.315. The molecular weight excluding hydrogens is 293 g/mol. The summed E-state index contributed by atoms with van der Waals surface area (Å²) in [5, 5.41) is 5.96. The highest BCUT2D eigenvalue weighted by molar-refractivity contribution is 7.09. The van der Waals surface area contributed by atoms with E-state index in [2.05, 4.69) is 10.3 Å². The van der Waals surface area contributed by atoms with Crippen molar-refractivity contribution in [3.8, 4) is 0 Å². The zero-order chi connectivity index (χ0) is 13.1. The average molecular weight is 302 g/mol. The molecule has 0 radical (unpaired) electrons. The summed E-state index contributed by atoms with van der Waals surface area (Å²) < 4.78 is 0. The van der Waals surface area contributed by atoms with Gasteiger partial charge in [-0.25, -0.2) is 4.98 Å². The third-order valence-corrected chi connectivity index (χ3v) is 3.39. The number of anilines is 1. The van der Waals surface area contributed by atoms with E-state index < -0.39 is 0 Å². The Labute approximate surface area is 118 Å².